The Morgan fingerprint density at radius 1 is 1.19 bits per heavy atom. The second-order valence-electron chi connectivity index (χ2n) is 7.16. The molecule has 3 aromatic rings. The first-order chi connectivity index (χ1) is 14.7. The summed E-state index contributed by atoms with van der Waals surface area (Å²) in [5.41, 5.74) is 3.36. The number of amides is 1. The molecule has 2 heterocycles. The van der Waals surface area contributed by atoms with Crippen molar-refractivity contribution < 1.29 is 17.6 Å². The molecule has 4 rings (SSSR count). The van der Waals surface area contributed by atoms with Crippen LogP contribution in [0.1, 0.15) is 11.1 Å². The predicted molar refractivity (Wildman–Crippen MR) is 118 cm³/mol. The fourth-order valence-electron chi connectivity index (χ4n) is 3.19. The van der Waals surface area contributed by atoms with Gasteiger partial charge in [-0.1, -0.05) is 29.5 Å². The highest BCUT2D eigenvalue weighted by molar-refractivity contribution is 7.99. The van der Waals surface area contributed by atoms with Crippen LogP contribution in [0.5, 0.6) is 0 Å². The lowest BCUT2D eigenvalue weighted by Crippen LogP contribution is -2.31. The third-order valence-corrected chi connectivity index (χ3v) is 7.54. The smallest absolute Gasteiger partial charge is 0.267 e. The van der Waals surface area contributed by atoms with E-state index in [0.717, 1.165) is 17.3 Å². The SMILES string of the molecule is Cc1ccc2c(c1)-c1nc(SCC(=O)Nc3ccc(C)c(F)c3)ncc1S(=O)(=O)N2C. The van der Waals surface area contributed by atoms with E-state index < -0.39 is 15.8 Å². The molecular formula is C21H19FN4O3S2. The van der Waals surface area contributed by atoms with E-state index in [-0.39, 0.29) is 21.7 Å². The van der Waals surface area contributed by atoms with Crippen molar-refractivity contribution in [1.29, 1.82) is 0 Å². The van der Waals surface area contributed by atoms with Crippen molar-refractivity contribution in [3.63, 3.8) is 0 Å². The van der Waals surface area contributed by atoms with Gasteiger partial charge in [0, 0.05) is 18.3 Å². The number of fused-ring (bicyclic) bond motifs is 3. The summed E-state index contributed by atoms with van der Waals surface area (Å²) in [6, 6.07) is 9.92. The van der Waals surface area contributed by atoms with Crippen LogP contribution >= 0.6 is 11.8 Å². The third kappa shape index (κ3) is 4.00. The van der Waals surface area contributed by atoms with Crippen molar-refractivity contribution in [3.05, 3.63) is 59.5 Å². The molecule has 1 aliphatic rings. The van der Waals surface area contributed by atoms with E-state index in [1.54, 1.807) is 25.1 Å². The molecule has 0 unspecified atom stereocenters. The molecule has 0 atom stereocenters. The van der Waals surface area contributed by atoms with Crippen LogP contribution in [-0.4, -0.2) is 37.1 Å². The van der Waals surface area contributed by atoms with Gasteiger partial charge >= 0.3 is 0 Å². The maximum Gasteiger partial charge on any atom is 0.267 e. The molecule has 0 fully saturated rings. The first kappa shape index (κ1) is 21.3. The number of hydrogen-bond donors (Lipinski definition) is 1. The van der Waals surface area contributed by atoms with Crippen molar-refractivity contribution in [1.82, 2.24) is 9.97 Å². The van der Waals surface area contributed by atoms with E-state index >= 15 is 0 Å². The first-order valence-electron chi connectivity index (χ1n) is 9.32. The summed E-state index contributed by atoms with van der Waals surface area (Å²) in [5, 5.41) is 2.90. The van der Waals surface area contributed by atoms with Gasteiger partial charge < -0.3 is 5.32 Å². The Kier molecular flexibility index (Phi) is 5.44. The van der Waals surface area contributed by atoms with Crippen LogP contribution in [0.3, 0.4) is 0 Å². The number of nitrogens with zero attached hydrogens (tertiary/aromatic N) is 3. The van der Waals surface area contributed by atoms with E-state index in [9.17, 15) is 17.6 Å². The molecule has 1 amide bonds. The Morgan fingerprint density at radius 2 is 1.97 bits per heavy atom. The molecular weight excluding hydrogens is 439 g/mol. The van der Waals surface area contributed by atoms with Crippen LogP contribution in [0.4, 0.5) is 15.8 Å². The minimum atomic E-state index is -3.76. The Hall–Kier alpha value is -2.98. The summed E-state index contributed by atoms with van der Waals surface area (Å²) < 4.78 is 40.5. The molecule has 0 saturated carbocycles. The van der Waals surface area contributed by atoms with Gasteiger partial charge in [-0.15, -0.1) is 0 Å². The molecule has 0 radical (unpaired) electrons. The summed E-state index contributed by atoms with van der Waals surface area (Å²) in [7, 11) is -2.27. The maximum atomic E-state index is 13.7. The molecule has 1 aliphatic heterocycles. The van der Waals surface area contributed by atoms with Crippen LogP contribution in [0.25, 0.3) is 11.3 Å². The van der Waals surface area contributed by atoms with Crippen molar-refractivity contribution >= 4 is 39.1 Å². The maximum absolute atomic E-state index is 13.7. The van der Waals surface area contributed by atoms with Crippen molar-refractivity contribution in [2.24, 2.45) is 0 Å². The highest BCUT2D eigenvalue weighted by atomic mass is 32.2. The highest BCUT2D eigenvalue weighted by Gasteiger charge is 2.34. The third-order valence-electron chi connectivity index (χ3n) is 4.91. The Labute approximate surface area is 183 Å². The van der Waals surface area contributed by atoms with Gasteiger partial charge in [-0.05, 0) is 43.7 Å². The lowest BCUT2D eigenvalue weighted by atomic mass is 10.1. The van der Waals surface area contributed by atoms with E-state index in [2.05, 4.69) is 15.3 Å². The van der Waals surface area contributed by atoms with Crippen molar-refractivity contribution in [3.8, 4) is 11.3 Å². The first-order valence-corrected chi connectivity index (χ1v) is 11.7. The number of benzene rings is 2. The van der Waals surface area contributed by atoms with Gasteiger partial charge in [-0.2, -0.15) is 0 Å². The number of sulfonamides is 1. The van der Waals surface area contributed by atoms with Gasteiger partial charge in [0.2, 0.25) is 5.91 Å². The van der Waals surface area contributed by atoms with Gasteiger partial charge in [-0.3, -0.25) is 9.10 Å². The normalized spacial score (nSPS) is 14.0. The molecule has 0 spiro atoms. The molecule has 160 valence electrons. The van der Waals surface area contributed by atoms with Gasteiger partial charge in [0.25, 0.3) is 10.0 Å². The molecule has 31 heavy (non-hydrogen) atoms. The molecule has 1 N–H and O–H groups in total. The number of halogens is 1. The Bertz CT molecular complexity index is 1310. The van der Waals surface area contributed by atoms with E-state index in [0.29, 0.717) is 28.2 Å². The zero-order chi connectivity index (χ0) is 22.3. The number of carbonyl (C=O) groups is 1. The quantitative estimate of drug-likeness (QED) is 0.473. The summed E-state index contributed by atoms with van der Waals surface area (Å²) in [5.74, 6) is -0.761. The molecule has 2 aromatic carbocycles. The van der Waals surface area contributed by atoms with Gasteiger partial charge in [0.05, 0.1) is 23.3 Å². The molecule has 1 aromatic heterocycles. The van der Waals surface area contributed by atoms with Crippen LogP contribution in [0, 0.1) is 19.7 Å². The Balaban J connectivity index is 1.57. The number of rotatable bonds is 4. The van der Waals surface area contributed by atoms with Crippen LogP contribution in [0.15, 0.2) is 52.6 Å². The number of anilines is 2. The van der Waals surface area contributed by atoms with Crippen LogP contribution < -0.4 is 9.62 Å². The summed E-state index contributed by atoms with van der Waals surface area (Å²) in [4.78, 5) is 20.8. The fraction of sp³-hybridized carbons (Fsp3) is 0.190. The number of nitrogens with one attached hydrogen (secondary N) is 1. The molecule has 0 saturated heterocycles. The zero-order valence-corrected chi connectivity index (χ0v) is 18.6. The highest BCUT2D eigenvalue weighted by Crippen LogP contribution is 2.41. The summed E-state index contributed by atoms with van der Waals surface area (Å²) in [6.07, 6.45) is 1.27. The number of aryl methyl sites for hydroxylation is 2. The summed E-state index contributed by atoms with van der Waals surface area (Å²) >= 11 is 1.07. The topological polar surface area (TPSA) is 92.3 Å². The number of hydrogen-bond acceptors (Lipinski definition) is 6. The molecule has 0 aliphatic carbocycles. The predicted octanol–water partition coefficient (Wildman–Crippen LogP) is 3.77. The van der Waals surface area contributed by atoms with E-state index in [1.807, 2.05) is 19.1 Å². The minimum Gasteiger partial charge on any atom is -0.325 e. The van der Waals surface area contributed by atoms with E-state index in [1.165, 1.54) is 23.6 Å². The molecule has 0 bridgehead atoms. The monoisotopic (exact) mass is 458 g/mol. The lowest BCUT2D eigenvalue weighted by molar-refractivity contribution is -0.113. The van der Waals surface area contributed by atoms with Gasteiger partial charge in [0.1, 0.15) is 10.7 Å². The molecule has 7 nitrogen and oxygen atoms in total. The minimum absolute atomic E-state index is 0.0123. The average Bonchev–Trinajstić information content (AvgIpc) is 2.73. The van der Waals surface area contributed by atoms with Gasteiger partial charge in [-0.25, -0.2) is 22.8 Å². The Morgan fingerprint density at radius 3 is 2.71 bits per heavy atom. The zero-order valence-electron chi connectivity index (χ0n) is 17.0. The number of carbonyl (C=O) groups excluding carboxylic acids is 1. The van der Waals surface area contributed by atoms with Crippen LogP contribution in [-0.2, 0) is 14.8 Å². The lowest BCUT2D eigenvalue weighted by Gasteiger charge is -2.28. The fourth-order valence-corrected chi connectivity index (χ4v) is 5.11. The van der Waals surface area contributed by atoms with Crippen molar-refractivity contribution in [2.75, 3.05) is 22.4 Å². The van der Waals surface area contributed by atoms with Crippen molar-refractivity contribution in [2.45, 2.75) is 23.9 Å². The number of aromatic nitrogens is 2. The molecule has 10 heteroatoms. The second-order valence-corrected chi connectivity index (χ2v) is 10.0. The largest absolute Gasteiger partial charge is 0.325 e. The van der Waals surface area contributed by atoms with Gasteiger partial charge in [0.15, 0.2) is 5.16 Å². The standard InChI is InChI=1S/C21H19FN4O3S2/c1-12-4-7-17-15(8-12)20-18(31(28,29)26(17)3)10-23-21(25-20)30-11-19(27)24-14-6-5-13(2)16(22)9-14/h4-10H,11H2,1-3H3,(H,24,27). The van der Waals surface area contributed by atoms with E-state index in [4.69, 9.17) is 0 Å². The second kappa shape index (κ2) is 7.93. The number of thioether (sulfide) groups is 1. The average molecular weight is 459 g/mol. The van der Waals surface area contributed by atoms with Crippen LogP contribution in [0.2, 0.25) is 0 Å². The summed E-state index contributed by atoms with van der Waals surface area (Å²) in [6.45, 7) is 3.56.